The van der Waals surface area contributed by atoms with E-state index in [2.05, 4.69) is 5.32 Å². The van der Waals surface area contributed by atoms with Crippen LogP contribution in [0, 0.1) is 30.9 Å². The molecule has 2 aromatic rings. The average Bonchev–Trinajstić information content (AvgIpc) is 2.50. The van der Waals surface area contributed by atoms with E-state index < -0.39 is 4.92 Å². The predicted molar refractivity (Wildman–Crippen MR) is 87.9 cm³/mol. The van der Waals surface area contributed by atoms with E-state index in [1.807, 2.05) is 26.0 Å². The summed E-state index contributed by atoms with van der Waals surface area (Å²) < 4.78 is 5.52. The summed E-state index contributed by atoms with van der Waals surface area (Å²) in [4.78, 5) is 22.4. The van der Waals surface area contributed by atoms with Crippen molar-refractivity contribution in [2.24, 2.45) is 0 Å². The number of ether oxygens (including phenoxy) is 1. The fourth-order valence-corrected chi connectivity index (χ4v) is 2.17. The minimum atomic E-state index is -0.475. The first-order chi connectivity index (χ1) is 10.9. The number of nitro benzene ring substituents is 1. The molecular formula is C17H18N2O4. The van der Waals surface area contributed by atoms with Gasteiger partial charge in [-0.15, -0.1) is 0 Å². The zero-order chi connectivity index (χ0) is 17.0. The lowest BCUT2D eigenvalue weighted by molar-refractivity contribution is -0.385. The normalized spacial score (nSPS) is 10.2. The third kappa shape index (κ3) is 3.85. The van der Waals surface area contributed by atoms with Gasteiger partial charge in [0.05, 0.1) is 16.2 Å². The lowest BCUT2D eigenvalue weighted by atomic mass is 10.1. The Labute approximate surface area is 134 Å². The topological polar surface area (TPSA) is 81.5 Å². The molecular weight excluding hydrogens is 296 g/mol. The van der Waals surface area contributed by atoms with Gasteiger partial charge < -0.3 is 10.1 Å². The average molecular weight is 314 g/mol. The third-order valence-electron chi connectivity index (χ3n) is 3.69. The van der Waals surface area contributed by atoms with Gasteiger partial charge in [-0.1, -0.05) is 18.2 Å². The maximum Gasteiger partial charge on any atom is 0.274 e. The molecule has 0 unspecified atom stereocenters. The molecule has 0 atom stereocenters. The van der Waals surface area contributed by atoms with Crippen molar-refractivity contribution in [1.82, 2.24) is 0 Å². The van der Waals surface area contributed by atoms with Crippen molar-refractivity contribution in [2.75, 3.05) is 11.9 Å². The molecule has 0 radical (unpaired) electrons. The Morgan fingerprint density at radius 2 is 1.83 bits per heavy atom. The minimum absolute atomic E-state index is 0.0294. The van der Waals surface area contributed by atoms with E-state index in [0.29, 0.717) is 17.0 Å². The summed E-state index contributed by atoms with van der Waals surface area (Å²) in [5.74, 6) is 0.283. The molecule has 0 saturated carbocycles. The number of nitrogens with zero attached hydrogens (tertiary/aromatic N) is 1. The molecule has 2 rings (SSSR count). The van der Waals surface area contributed by atoms with Gasteiger partial charge in [0, 0.05) is 6.07 Å². The van der Waals surface area contributed by atoms with Crippen molar-refractivity contribution in [3.63, 3.8) is 0 Å². The maximum absolute atomic E-state index is 12.0. The van der Waals surface area contributed by atoms with Gasteiger partial charge >= 0.3 is 0 Å². The van der Waals surface area contributed by atoms with Crippen molar-refractivity contribution in [3.8, 4) is 5.75 Å². The number of benzene rings is 2. The standard InChI is InChI=1S/C17H18N2O4/c1-11-6-4-9-16(12(11)2)23-10-17(20)18-14-7-5-8-15(13(14)3)19(21)22/h4-9H,10H2,1-3H3,(H,18,20). The van der Waals surface area contributed by atoms with E-state index in [1.54, 1.807) is 19.1 Å². The number of carbonyl (C=O) groups excluding carboxylic acids is 1. The maximum atomic E-state index is 12.0. The Kier molecular flexibility index (Phi) is 4.95. The summed E-state index contributed by atoms with van der Waals surface area (Å²) in [5.41, 5.74) is 2.86. The predicted octanol–water partition coefficient (Wildman–Crippen LogP) is 3.54. The van der Waals surface area contributed by atoms with Crippen LogP contribution in [-0.4, -0.2) is 17.4 Å². The van der Waals surface area contributed by atoms with Crippen LogP contribution in [0.15, 0.2) is 36.4 Å². The summed E-state index contributed by atoms with van der Waals surface area (Å²) in [6.45, 7) is 5.33. The second kappa shape index (κ2) is 6.91. The molecule has 0 aliphatic rings. The zero-order valence-electron chi connectivity index (χ0n) is 13.3. The monoisotopic (exact) mass is 314 g/mol. The second-order valence-electron chi connectivity index (χ2n) is 5.24. The first-order valence-electron chi connectivity index (χ1n) is 7.13. The largest absolute Gasteiger partial charge is 0.483 e. The first-order valence-corrected chi connectivity index (χ1v) is 7.13. The molecule has 0 aromatic heterocycles. The molecule has 0 aliphatic carbocycles. The van der Waals surface area contributed by atoms with E-state index in [9.17, 15) is 14.9 Å². The van der Waals surface area contributed by atoms with Crippen molar-refractivity contribution in [1.29, 1.82) is 0 Å². The van der Waals surface area contributed by atoms with Crippen molar-refractivity contribution in [2.45, 2.75) is 20.8 Å². The van der Waals surface area contributed by atoms with Crippen molar-refractivity contribution in [3.05, 3.63) is 63.2 Å². The van der Waals surface area contributed by atoms with E-state index in [-0.39, 0.29) is 18.2 Å². The van der Waals surface area contributed by atoms with Crippen molar-refractivity contribution >= 4 is 17.3 Å². The van der Waals surface area contributed by atoms with Gasteiger partial charge in [0.2, 0.25) is 0 Å². The Bertz CT molecular complexity index is 756. The molecule has 0 spiro atoms. The van der Waals surface area contributed by atoms with Crippen molar-refractivity contribution < 1.29 is 14.5 Å². The molecule has 0 fully saturated rings. The van der Waals surface area contributed by atoms with Crippen LogP contribution < -0.4 is 10.1 Å². The number of nitrogens with one attached hydrogen (secondary N) is 1. The Balaban J connectivity index is 2.04. The minimum Gasteiger partial charge on any atom is -0.483 e. The number of hydrogen-bond donors (Lipinski definition) is 1. The van der Waals surface area contributed by atoms with Crippen LogP contribution in [0.3, 0.4) is 0 Å². The molecule has 1 amide bonds. The lowest BCUT2D eigenvalue weighted by Gasteiger charge is -2.12. The van der Waals surface area contributed by atoms with Crippen LogP contribution in [0.1, 0.15) is 16.7 Å². The van der Waals surface area contributed by atoms with Gasteiger partial charge in [-0.05, 0) is 44.0 Å². The molecule has 0 aliphatic heterocycles. The second-order valence-corrected chi connectivity index (χ2v) is 5.24. The molecule has 0 heterocycles. The summed E-state index contributed by atoms with van der Waals surface area (Å²) in [5, 5.41) is 13.5. The van der Waals surface area contributed by atoms with Crippen LogP contribution >= 0.6 is 0 Å². The van der Waals surface area contributed by atoms with E-state index >= 15 is 0 Å². The molecule has 6 nitrogen and oxygen atoms in total. The van der Waals surface area contributed by atoms with Crippen LogP contribution in [-0.2, 0) is 4.79 Å². The van der Waals surface area contributed by atoms with E-state index in [1.165, 1.54) is 12.1 Å². The summed E-state index contributed by atoms with van der Waals surface area (Å²) in [6, 6.07) is 10.2. The molecule has 0 bridgehead atoms. The molecule has 23 heavy (non-hydrogen) atoms. The zero-order valence-corrected chi connectivity index (χ0v) is 13.3. The number of anilines is 1. The number of aryl methyl sites for hydroxylation is 1. The van der Waals surface area contributed by atoms with Crippen LogP contribution in [0.4, 0.5) is 11.4 Å². The van der Waals surface area contributed by atoms with Gasteiger partial charge in [0.1, 0.15) is 5.75 Å². The van der Waals surface area contributed by atoms with Gasteiger partial charge in [-0.3, -0.25) is 14.9 Å². The summed E-state index contributed by atoms with van der Waals surface area (Å²) >= 11 is 0. The van der Waals surface area contributed by atoms with Gasteiger partial charge in [-0.25, -0.2) is 0 Å². The number of carbonyl (C=O) groups is 1. The number of amides is 1. The lowest BCUT2D eigenvalue weighted by Crippen LogP contribution is -2.21. The third-order valence-corrected chi connectivity index (χ3v) is 3.69. The molecule has 120 valence electrons. The Hall–Kier alpha value is -2.89. The Morgan fingerprint density at radius 3 is 2.52 bits per heavy atom. The quantitative estimate of drug-likeness (QED) is 0.676. The number of rotatable bonds is 5. The van der Waals surface area contributed by atoms with Crippen LogP contribution in [0.2, 0.25) is 0 Å². The first kappa shape index (κ1) is 16.5. The van der Waals surface area contributed by atoms with Gasteiger partial charge in [0.25, 0.3) is 11.6 Å². The van der Waals surface area contributed by atoms with E-state index in [0.717, 1.165) is 11.1 Å². The Morgan fingerprint density at radius 1 is 1.13 bits per heavy atom. The van der Waals surface area contributed by atoms with E-state index in [4.69, 9.17) is 4.74 Å². The highest BCUT2D eigenvalue weighted by Crippen LogP contribution is 2.25. The SMILES string of the molecule is Cc1cccc(OCC(=O)Nc2cccc([N+](=O)[O-])c2C)c1C. The highest BCUT2D eigenvalue weighted by Gasteiger charge is 2.15. The smallest absolute Gasteiger partial charge is 0.274 e. The summed E-state index contributed by atoms with van der Waals surface area (Å²) in [7, 11) is 0. The molecule has 6 heteroatoms. The van der Waals surface area contributed by atoms with Crippen LogP contribution in [0.25, 0.3) is 0 Å². The molecule has 2 aromatic carbocycles. The highest BCUT2D eigenvalue weighted by molar-refractivity contribution is 5.93. The highest BCUT2D eigenvalue weighted by atomic mass is 16.6. The molecule has 1 N–H and O–H groups in total. The van der Waals surface area contributed by atoms with Crippen LogP contribution in [0.5, 0.6) is 5.75 Å². The number of hydrogen-bond acceptors (Lipinski definition) is 4. The van der Waals surface area contributed by atoms with Gasteiger partial charge in [-0.2, -0.15) is 0 Å². The molecule has 0 saturated heterocycles. The fraction of sp³-hybridized carbons (Fsp3) is 0.235. The van der Waals surface area contributed by atoms with Gasteiger partial charge in [0.15, 0.2) is 6.61 Å². The number of nitro groups is 1. The fourth-order valence-electron chi connectivity index (χ4n) is 2.17. The summed E-state index contributed by atoms with van der Waals surface area (Å²) in [6.07, 6.45) is 0.